The topological polar surface area (TPSA) is 68.8 Å². The van der Waals surface area contributed by atoms with Gasteiger partial charge in [-0.2, -0.15) is 5.10 Å². The fourth-order valence-electron chi connectivity index (χ4n) is 2.02. The molecular weight excluding hydrogens is 353 g/mol. The zero-order valence-corrected chi connectivity index (χ0v) is 13.0. The van der Waals surface area contributed by atoms with Gasteiger partial charge in [0.2, 0.25) is 0 Å². The summed E-state index contributed by atoms with van der Waals surface area (Å²) in [6, 6.07) is 8.36. The molecule has 1 heterocycles. The Kier molecular flexibility index (Phi) is 5.29. The van der Waals surface area contributed by atoms with Gasteiger partial charge in [-0.1, -0.05) is 19.1 Å². The summed E-state index contributed by atoms with van der Waals surface area (Å²) in [5.41, 5.74) is 4.04. The molecule has 19 heavy (non-hydrogen) atoms. The second kappa shape index (κ2) is 6.97. The van der Waals surface area contributed by atoms with Crippen molar-refractivity contribution in [2.24, 2.45) is 5.84 Å². The number of nitrogens with zero attached hydrogens (tertiary/aromatic N) is 3. The van der Waals surface area contributed by atoms with Crippen LogP contribution in [0.3, 0.4) is 0 Å². The lowest BCUT2D eigenvalue weighted by molar-refractivity contribution is 0.499. The van der Waals surface area contributed by atoms with Gasteiger partial charge in [-0.3, -0.25) is 16.0 Å². The first-order valence-electron chi connectivity index (χ1n) is 6.33. The summed E-state index contributed by atoms with van der Waals surface area (Å²) >= 11 is 2.30. The fraction of sp³-hybridized carbons (Fsp3) is 0.385. The molecule has 0 radical (unpaired) electrons. The molecular formula is C13H18IN5. The van der Waals surface area contributed by atoms with E-state index in [0.29, 0.717) is 0 Å². The average molecular weight is 371 g/mol. The third-order valence-electron chi connectivity index (χ3n) is 2.97. The average Bonchev–Trinajstić information content (AvgIpc) is 2.84. The Labute approximate surface area is 126 Å². The standard InChI is InChI=1S/C13H18IN5/c1-2-6-19-13(16-9-17-19)8-12(18-15)10-4-3-5-11(14)7-10/h3-5,7,9,12,18H,2,6,8,15H2,1H3. The molecule has 0 aliphatic carbocycles. The van der Waals surface area contributed by atoms with Crippen molar-refractivity contribution in [2.45, 2.75) is 32.4 Å². The number of nitrogens with one attached hydrogen (secondary N) is 1. The first-order chi connectivity index (χ1) is 9.24. The zero-order chi connectivity index (χ0) is 13.7. The van der Waals surface area contributed by atoms with Crippen LogP contribution in [0.25, 0.3) is 0 Å². The molecule has 1 unspecified atom stereocenters. The Morgan fingerprint density at radius 2 is 2.32 bits per heavy atom. The number of nitrogens with two attached hydrogens (primary N) is 1. The Morgan fingerprint density at radius 3 is 3.00 bits per heavy atom. The van der Waals surface area contributed by atoms with Crippen molar-refractivity contribution in [3.63, 3.8) is 0 Å². The van der Waals surface area contributed by atoms with Crippen molar-refractivity contribution in [3.8, 4) is 0 Å². The minimum Gasteiger partial charge on any atom is -0.271 e. The van der Waals surface area contributed by atoms with Gasteiger partial charge in [-0.05, 0) is 46.7 Å². The molecule has 0 amide bonds. The van der Waals surface area contributed by atoms with Crippen LogP contribution in [0.2, 0.25) is 0 Å². The molecule has 1 aromatic carbocycles. The van der Waals surface area contributed by atoms with E-state index in [1.165, 1.54) is 9.13 Å². The van der Waals surface area contributed by atoms with Crippen LogP contribution in [-0.4, -0.2) is 14.8 Å². The second-order valence-corrected chi connectivity index (χ2v) is 5.62. The van der Waals surface area contributed by atoms with Crippen molar-refractivity contribution < 1.29 is 0 Å². The van der Waals surface area contributed by atoms with Crippen molar-refractivity contribution in [1.29, 1.82) is 0 Å². The van der Waals surface area contributed by atoms with Gasteiger partial charge in [-0.15, -0.1) is 0 Å². The highest BCUT2D eigenvalue weighted by molar-refractivity contribution is 14.1. The number of hydrogen-bond donors (Lipinski definition) is 2. The first kappa shape index (κ1) is 14.4. The number of aromatic nitrogens is 3. The molecule has 0 spiro atoms. The fourth-order valence-corrected chi connectivity index (χ4v) is 2.59. The third kappa shape index (κ3) is 3.74. The molecule has 1 atom stereocenters. The number of benzene rings is 1. The van der Waals surface area contributed by atoms with Gasteiger partial charge >= 0.3 is 0 Å². The summed E-state index contributed by atoms with van der Waals surface area (Å²) < 4.78 is 3.14. The lowest BCUT2D eigenvalue weighted by atomic mass is 10.0. The van der Waals surface area contributed by atoms with Crippen LogP contribution in [0.4, 0.5) is 0 Å². The van der Waals surface area contributed by atoms with Gasteiger partial charge in [0.1, 0.15) is 12.2 Å². The molecule has 102 valence electrons. The van der Waals surface area contributed by atoms with Gasteiger partial charge < -0.3 is 0 Å². The molecule has 3 N–H and O–H groups in total. The molecule has 2 rings (SSSR count). The first-order valence-corrected chi connectivity index (χ1v) is 7.40. The van der Waals surface area contributed by atoms with Crippen molar-refractivity contribution in [1.82, 2.24) is 20.2 Å². The molecule has 5 nitrogen and oxygen atoms in total. The highest BCUT2D eigenvalue weighted by atomic mass is 127. The zero-order valence-electron chi connectivity index (χ0n) is 10.9. The summed E-state index contributed by atoms with van der Waals surface area (Å²) in [5.74, 6) is 6.65. The van der Waals surface area contributed by atoms with Crippen LogP contribution in [-0.2, 0) is 13.0 Å². The van der Waals surface area contributed by atoms with E-state index < -0.39 is 0 Å². The molecule has 2 aromatic rings. The largest absolute Gasteiger partial charge is 0.271 e. The van der Waals surface area contributed by atoms with Crippen LogP contribution >= 0.6 is 22.6 Å². The number of aryl methyl sites for hydroxylation is 1. The maximum atomic E-state index is 5.69. The highest BCUT2D eigenvalue weighted by Crippen LogP contribution is 2.18. The summed E-state index contributed by atoms with van der Waals surface area (Å²) in [4.78, 5) is 4.32. The molecule has 0 aliphatic rings. The normalized spacial score (nSPS) is 12.6. The molecule has 6 heteroatoms. The minimum absolute atomic E-state index is 0.0505. The maximum absolute atomic E-state index is 5.69. The van der Waals surface area contributed by atoms with Crippen molar-refractivity contribution in [2.75, 3.05) is 0 Å². The Bertz CT molecular complexity index is 525. The molecule has 0 saturated carbocycles. The Balaban J connectivity index is 2.17. The third-order valence-corrected chi connectivity index (χ3v) is 3.64. The summed E-state index contributed by atoms with van der Waals surface area (Å²) in [7, 11) is 0. The van der Waals surface area contributed by atoms with Crippen LogP contribution in [0, 0.1) is 3.57 Å². The summed E-state index contributed by atoms with van der Waals surface area (Å²) in [6.45, 7) is 3.02. The Hall–Kier alpha value is -0.990. The predicted octanol–water partition coefficient (Wildman–Crippen LogP) is 2.04. The van der Waals surface area contributed by atoms with E-state index in [1.807, 2.05) is 10.7 Å². The number of rotatable bonds is 6. The molecule has 0 aliphatic heterocycles. The molecule has 0 saturated heterocycles. The van der Waals surface area contributed by atoms with Gasteiger partial charge in [0.05, 0.1) is 6.04 Å². The van der Waals surface area contributed by atoms with Crippen LogP contribution in [0.1, 0.15) is 30.8 Å². The van der Waals surface area contributed by atoms with Crippen LogP contribution in [0.5, 0.6) is 0 Å². The lowest BCUT2D eigenvalue weighted by Gasteiger charge is -2.16. The van der Waals surface area contributed by atoms with Gasteiger partial charge in [-0.25, -0.2) is 4.98 Å². The van der Waals surface area contributed by atoms with E-state index in [-0.39, 0.29) is 6.04 Å². The minimum atomic E-state index is 0.0505. The smallest absolute Gasteiger partial charge is 0.138 e. The maximum Gasteiger partial charge on any atom is 0.138 e. The number of hydrogen-bond acceptors (Lipinski definition) is 4. The van der Waals surface area contributed by atoms with Gasteiger partial charge in [0, 0.05) is 16.5 Å². The van der Waals surface area contributed by atoms with Gasteiger partial charge in [0.25, 0.3) is 0 Å². The summed E-state index contributed by atoms with van der Waals surface area (Å²) in [5, 5.41) is 4.24. The van der Waals surface area contributed by atoms with Crippen LogP contribution in [0.15, 0.2) is 30.6 Å². The van der Waals surface area contributed by atoms with Crippen molar-refractivity contribution in [3.05, 3.63) is 45.6 Å². The van der Waals surface area contributed by atoms with E-state index >= 15 is 0 Å². The van der Waals surface area contributed by atoms with E-state index in [9.17, 15) is 0 Å². The predicted molar refractivity (Wildman–Crippen MR) is 83.2 cm³/mol. The van der Waals surface area contributed by atoms with Gasteiger partial charge in [0.15, 0.2) is 0 Å². The molecule has 1 aromatic heterocycles. The quantitative estimate of drug-likeness (QED) is 0.463. The van der Waals surface area contributed by atoms with E-state index in [1.54, 1.807) is 6.33 Å². The van der Waals surface area contributed by atoms with E-state index in [2.05, 4.69) is 63.2 Å². The lowest BCUT2D eigenvalue weighted by Crippen LogP contribution is -2.30. The van der Waals surface area contributed by atoms with E-state index in [4.69, 9.17) is 5.84 Å². The number of halogens is 1. The Morgan fingerprint density at radius 1 is 1.47 bits per heavy atom. The monoisotopic (exact) mass is 371 g/mol. The molecule has 0 bridgehead atoms. The second-order valence-electron chi connectivity index (χ2n) is 4.38. The highest BCUT2D eigenvalue weighted by Gasteiger charge is 2.14. The van der Waals surface area contributed by atoms with E-state index in [0.717, 1.165) is 25.2 Å². The van der Waals surface area contributed by atoms with Crippen molar-refractivity contribution >= 4 is 22.6 Å². The number of hydrazine groups is 1. The molecule has 0 fully saturated rings. The summed E-state index contributed by atoms with van der Waals surface area (Å²) in [6.07, 6.45) is 3.38. The SMILES string of the molecule is CCCn1ncnc1CC(NN)c1cccc(I)c1. The van der Waals surface area contributed by atoms with Crippen LogP contribution < -0.4 is 11.3 Å².